The van der Waals surface area contributed by atoms with Crippen molar-refractivity contribution in [2.24, 2.45) is 7.05 Å². The molecule has 1 amide bonds. The fraction of sp³-hybridized carbons (Fsp3) is 0.417. The molecule has 1 aromatic rings. The summed E-state index contributed by atoms with van der Waals surface area (Å²) < 4.78 is 6.03. The Morgan fingerprint density at radius 1 is 1.47 bits per heavy atom. The van der Waals surface area contributed by atoms with Gasteiger partial charge in [-0.25, -0.2) is 0 Å². The lowest BCUT2D eigenvalue weighted by Gasteiger charge is -2.10. The van der Waals surface area contributed by atoms with Crippen LogP contribution < -0.4 is 10.7 Å². The predicted molar refractivity (Wildman–Crippen MR) is 66.9 cm³/mol. The van der Waals surface area contributed by atoms with Gasteiger partial charge in [0.15, 0.2) is 11.4 Å². The van der Waals surface area contributed by atoms with Crippen molar-refractivity contribution in [3.05, 3.63) is 28.2 Å². The summed E-state index contributed by atoms with van der Waals surface area (Å²) in [6.07, 6.45) is 1.41. The maximum atomic E-state index is 11.8. The topological polar surface area (TPSA) is 97.6 Å². The van der Waals surface area contributed by atoms with E-state index in [1.54, 1.807) is 6.92 Å². The fourth-order valence-electron chi connectivity index (χ4n) is 1.48. The molecule has 1 aromatic heterocycles. The van der Waals surface area contributed by atoms with E-state index < -0.39 is 23.1 Å². The van der Waals surface area contributed by atoms with Crippen molar-refractivity contribution in [2.75, 3.05) is 13.2 Å². The third kappa shape index (κ3) is 3.84. The van der Waals surface area contributed by atoms with Crippen LogP contribution in [0.5, 0.6) is 5.75 Å². The van der Waals surface area contributed by atoms with Crippen LogP contribution >= 0.6 is 0 Å². The molecule has 2 N–H and O–H groups in total. The number of nitrogens with one attached hydrogen (secondary N) is 1. The summed E-state index contributed by atoms with van der Waals surface area (Å²) in [5.74, 6) is -1.66. The molecular weight excluding hydrogens is 252 g/mol. The van der Waals surface area contributed by atoms with E-state index >= 15 is 0 Å². The average molecular weight is 268 g/mol. The molecule has 0 aliphatic rings. The summed E-state index contributed by atoms with van der Waals surface area (Å²) in [5.41, 5.74) is -0.773. The SMILES string of the molecule is CCOC(=O)CCNC(=O)c1c(O)c(=O)ccn1C. The lowest BCUT2D eigenvalue weighted by molar-refractivity contribution is -0.142. The van der Waals surface area contributed by atoms with Gasteiger partial charge in [0.1, 0.15) is 0 Å². The summed E-state index contributed by atoms with van der Waals surface area (Å²) in [6.45, 7) is 2.04. The second-order valence-corrected chi connectivity index (χ2v) is 3.80. The Morgan fingerprint density at radius 3 is 2.79 bits per heavy atom. The number of aromatic hydroxyl groups is 1. The number of aromatic nitrogens is 1. The molecule has 0 bridgehead atoms. The number of hydrogen-bond donors (Lipinski definition) is 2. The van der Waals surface area contributed by atoms with E-state index in [-0.39, 0.29) is 25.3 Å². The van der Waals surface area contributed by atoms with Gasteiger partial charge in [0.05, 0.1) is 13.0 Å². The maximum Gasteiger partial charge on any atom is 0.307 e. The first kappa shape index (κ1) is 14.7. The van der Waals surface area contributed by atoms with Crippen molar-refractivity contribution in [3.8, 4) is 5.75 Å². The molecule has 0 fully saturated rings. The van der Waals surface area contributed by atoms with Crippen LogP contribution in [0.25, 0.3) is 0 Å². The first-order valence-corrected chi connectivity index (χ1v) is 5.79. The highest BCUT2D eigenvalue weighted by Gasteiger charge is 2.16. The van der Waals surface area contributed by atoms with Crippen molar-refractivity contribution in [1.29, 1.82) is 0 Å². The highest BCUT2D eigenvalue weighted by Crippen LogP contribution is 2.09. The zero-order valence-electron chi connectivity index (χ0n) is 10.8. The first-order chi connectivity index (χ1) is 8.97. The van der Waals surface area contributed by atoms with Gasteiger partial charge in [-0.3, -0.25) is 14.4 Å². The van der Waals surface area contributed by atoms with Crippen molar-refractivity contribution in [3.63, 3.8) is 0 Å². The second-order valence-electron chi connectivity index (χ2n) is 3.80. The van der Waals surface area contributed by atoms with Gasteiger partial charge >= 0.3 is 5.97 Å². The zero-order valence-corrected chi connectivity index (χ0v) is 10.8. The third-order valence-corrected chi connectivity index (χ3v) is 2.40. The number of pyridine rings is 1. The van der Waals surface area contributed by atoms with Gasteiger partial charge in [-0.05, 0) is 6.92 Å². The molecule has 0 aliphatic carbocycles. The lowest BCUT2D eigenvalue weighted by atomic mass is 10.3. The molecule has 0 unspecified atom stereocenters. The number of ether oxygens (including phenoxy) is 1. The van der Waals surface area contributed by atoms with Crippen LogP contribution in [0.4, 0.5) is 0 Å². The first-order valence-electron chi connectivity index (χ1n) is 5.79. The molecule has 1 rings (SSSR count). The molecule has 7 nitrogen and oxygen atoms in total. The molecule has 0 atom stereocenters. The summed E-state index contributed by atoms with van der Waals surface area (Å²) in [5, 5.41) is 12.0. The molecule has 7 heteroatoms. The molecule has 0 radical (unpaired) electrons. The molecule has 0 aromatic carbocycles. The number of hydrogen-bond acceptors (Lipinski definition) is 5. The smallest absolute Gasteiger partial charge is 0.307 e. The van der Waals surface area contributed by atoms with E-state index in [4.69, 9.17) is 4.74 Å². The highest BCUT2D eigenvalue weighted by atomic mass is 16.5. The second kappa shape index (κ2) is 6.58. The quantitative estimate of drug-likeness (QED) is 0.719. The molecule has 1 heterocycles. The Morgan fingerprint density at radius 2 is 2.16 bits per heavy atom. The van der Waals surface area contributed by atoms with Crippen LogP contribution in [0.15, 0.2) is 17.1 Å². The Hall–Kier alpha value is -2.31. The van der Waals surface area contributed by atoms with Crippen LogP contribution in [0.1, 0.15) is 23.8 Å². The monoisotopic (exact) mass is 268 g/mol. The lowest BCUT2D eigenvalue weighted by Crippen LogP contribution is -2.30. The van der Waals surface area contributed by atoms with Crippen molar-refractivity contribution < 1.29 is 19.4 Å². The Bertz CT molecular complexity index is 535. The molecule has 0 spiro atoms. The molecule has 19 heavy (non-hydrogen) atoms. The summed E-state index contributed by atoms with van der Waals surface area (Å²) >= 11 is 0. The minimum absolute atomic E-state index is 0.0289. The fourth-order valence-corrected chi connectivity index (χ4v) is 1.48. The van der Waals surface area contributed by atoms with Gasteiger partial charge in [0, 0.05) is 25.9 Å². The van der Waals surface area contributed by atoms with Gasteiger partial charge in [0.25, 0.3) is 5.91 Å². The highest BCUT2D eigenvalue weighted by molar-refractivity contribution is 5.95. The van der Waals surface area contributed by atoms with Gasteiger partial charge in [-0.1, -0.05) is 0 Å². The van der Waals surface area contributed by atoms with Gasteiger partial charge in [0.2, 0.25) is 5.43 Å². The predicted octanol–water partition coefficient (Wildman–Crippen LogP) is -0.226. The van der Waals surface area contributed by atoms with Gasteiger partial charge in [-0.2, -0.15) is 0 Å². The number of rotatable bonds is 5. The Balaban J connectivity index is 2.67. The van der Waals surface area contributed by atoms with Gasteiger partial charge < -0.3 is 19.7 Å². The summed E-state index contributed by atoms with van der Waals surface area (Å²) in [6, 6.07) is 1.16. The van der Waals surface area contributed by atoms with E-state index in [1.165, 1.54) is 17.8 Å². The number of carbonyl (C=O) groups excluding carboxylic acids is 2. The van der Waals surface area contributed by atoms with E-state index in [0.717, 1.165) is 6.07 Å². The summed E-state index contributed by atoms with van der Waals surface area (Å²) in [7, 11) is 1.53. The van der Waals surface area contributed by atoms with Crippen molar-refractivity contribution in [2.45, 2.75) is 13.3 Å². The van der Waals surface area contributed by atoms with E-state index in [0.29, 0.717) is 0 Å². The van der Waals surface area contributed by atoms with E-state index in [9.17, 15) is 19.5 Å². The van der Waals surface area contributed by atoms with Crippen LogP contribution in [0.3, 0.4) is 0 Å². The normalized spacial score (nSPS) is 10.0. The van der Waals surface area contributed by atoms with Crippen molar-refractivity contribution in [1.82, 2.24) is 9.88 Å². The standard InChI is InChI=1S/C12H16N2O5/c1-3-19-9(16)4-6-13-12(18)10-11(17)8(15)5-7-14(10)2/h5,7,17H,3-4,6H2,1-2H3,(H,13,18). The molecule has 0 aliphatic heterocycles. The van der Waals surface area contributed by atoms with Crippen molar-refractivity contribution >= 4 is 11.9 Å². The van der Waals surface area contributed by atoms with E-state index in [1.807, 2.05) is 0 Å². The summed E-state index contributed by atoms with van der Waals surface area (Å²) in [4.78, 5) is 34.1. The van der Waals surface area contributed by atoms with Crippen LogP contribution in [-0.4, -0.2) is 34.7 Å². The van der Waals surface area contributed by atoms with Crippen LogP contribution in [0, 0.1) is 0 Å². The molecule has 0 saturated heterocycles. The molecule has 104 valence electrons. The number of aryl methyl sites for hydroxylation is 1. The van der Waals surface area contributed by atoms with Gasteiger partial charge in [-0.15, -0.1) is 0 Å². The molecule has 0 saturated carbocycles. The number of amides is 1. The molecular formula is C12H16N2O5. The maximum absolute atomic E-state index is 11.8. The third-order valence-electron chi connectivity index (χ3n) is 2.40. The average Bonchev–Trinajstić information content (AvgIpc) is 2.35. The van der Waals surface area contributed by atoms with Crippen LogP contribution in [0.2, 0.25) is 0 Å². The largest absolute Gasteiger partial charge is 0.503 e. The number of esters is 1. The number of nitrogens with zero attached hydrogens (tertiary/aromatic N) is 1. The Kier molecular flexibility index (Phi) is 5.11. The minimum atomic E-state index is -0.631. The van der Waals surface area contributed by atoms with E-state index in [2.05, 4.69) is 5.32 Å². The zero-order chi connectivity index (χ0) is 14.4. The Labute approximate surface area is 109 Å². The minimum Gasteiger partial charge on any atom is -0.503 e. The number of carbonyl (C=O) groups is 2. The van der Waals surface area contributed by atoms with Crippen LogP contribution in [-0.2, 0) is 16.6 Å².